The van der Waals surface area contributed by atoms with Gasteiger partial charge in [0.2, 0.25) is 0 Å². The molecule has 1 aliphatic heterocycles. The molecule has 0 aliphatic carbocycles. The molecule has 1 aliphatic rings. The number of nitro benzene ring substituents is 1. The zero-order chi connectivity index (χ0) is 21.1. The van der Waals surface area contributed by atoms with Crippen LogP contribution >= 0.6 is 11.6 Å². The molecule has 1 atom stereocenters. The zero-order valence-electron chi connectivity index (χ0n) is 15.7. The third-order valence-electron chi connectivity index (χ3n) is 4.81. The molecule has 0 saturated carbocycles. The second-order valence-corrected chi connectivity index (χ2v) is 7.14. The first-order chi connectivity index (χ1) is 13.8. The molecule has 0 unspecified atom stereocenters. The van der Waals surface area contributed by atoms with Gasteiger partial charge in [-0.3, -0.25) is 19.7 Å². The monoisotopic (exact) mass is 414 g/mol. The van der Waals surface area contributed by atoms with Crippen LogP contribution in [0.25, 0.3) is 5.76 Å². The maximum Gasteiger partial charge on any atom is 0.295 e. The molecule has 0 radical (unpaired) electrons. The second kappa shape index (κ2) is 8.45. The number of ketones is 1. The molecule has 0 spiro atoms. The Balaban J connectivity index is 2.18. The highest BCUT2D eigenvalue weighted by atomic mass is 35.5. The summed E-state index contributed by atoms with van der Waals surface area (Å²) < 4.78 is 0. The molecule has 2 aromatic rings. The predicted octanol–water partition coefficient (Wildman–Crippen LogP) is 4.47. The average molecular weight is 415 g/mol. The molecule has 1 N–H and O–H groups in total. The van der Waals surface area contributed by atoms with Crippen molar-refractivity contribution in [2.24, 2.45) is 0 Å². The molecule has 1 saturated heterocycles. The van der Waals surface area contributed by atoms with Gasteiger partial charge in [-0.15, -0.1) is 0 Å². The van der Waals surface area contributed by atoms with Gasteiger partial charge in [-0.05, 0) is 36.2 Å². The van der Waals surface area contributed by atoms with Crippen LogP contribution in [0.3, 0.4) is 0 Å². The Morgan fingerprint density at radius 1 is 1.21 bits per heavy atom. The number of Topliss-reactive ketones (excluding diaryl/α,β-unsaturated/α-hetero) is 1. The van der Waals surface area contributed by atoms with Gasteiger partial charge in [0, 0.05) is 29.3 Å². The first-order valence-electron chi connectivity index (χ1n) is 9.13. The number of hydrogen-bond donors (Lipinski definition) is 1. The summed E-state index contributed by atoms with van der Waals surface area (Å²) in [5, 5.41) is 22.5. The van der Waals surface area contributed by atoms with Gasteiger partial charge in [-0.2, -0.15) is 0 Å². The molecule has 1 fully saturated rings. The number of nitrogens with zero attached hydrogens (tertiary/aromatic N) is 2. The molecular weight excluding hydrogens is 396 g/mol. The molecule has 0 aromatic heterocycles. The largest absolute Gasteiger partial charge is 0.507 e. The van der Waals surface area contributed by atoms with E-state index in [1.165, 1.54) is 23.1 Å². The summed E-state index contributed by atoms with van der Waals surface area (Å²) in [5.74, 6) is -1.88. The molecule has 8 heteroatoms. The topological polar surface area (TPSA) is 101 Å². The number of carbonyl (C=O) groups excluding carboxylic acids is 2. The highest BCUT2D eigenvalue weighted by Gasteiger charge is 2.46. The molecule has 29 heavy (non-hydrogen) atoms. The van der Waals surface area contributed by atoms with Gasteiger partial charge in [0.05, 0.1) is 16.5 Å². The van der Waals surface area contributed by atoms with E-state index in [1.807, 2.05) is 6.92 Å². The van der Waals surface area contributed by atoms with E-state index in [0.29, 0.717) is 29.1 Å². The zero-order valence-corrected chi connectivity index (χ0v) is 16.4. The van der Waals surface area contributed by atoms with Crippen molar-refractivity contribution in [3.8, 4) is 0 Å². The van der Waals surface area contributed by atoms with E-state index in [4.69, 9.17) is 11.6 Å². The van der Waals surface area contributed by atoms with Gasteiger partial charge < -0.3 is 10.0 Å². The van der Waals surface area contributed by atoms with Crippen LogP contribution < -0.4 is 0 Å². The fourth-order valence-corrected chi connectivity index (χ4v) is 3.48. The van der Waals surface area contributed by atoms with E-state index in [1.54, 1.807) is 30.3 Å². The lowest BCUT2D eigenvalue weighted by Crippen LogP contribution is -2.30. The van der Waals surface area contributed by atoms with E-state index in [0.717, 1.165) is 6.42 Å². The number of aliphatic hydroxyl groups is 1. The number of carbonyl (C=O) groups is 2. The second-order valence-electron chi connectivity index (χ2n) is 6.71. The Hall–Kier alpha value is -3.19. The summed E-state index contributed by atoms with van der Waals surface area (Å²) in [7, 11) is 0. The van der Waals surface area contributed by atoms with Gasteiger partial charge in [0.25, 0.3) is 17.4 Å². The molecule has 7 nitrogen and oxygen atoms in total. The number of hydrogen-bond acceptors (Lipinski definition) is 5. The Kier molecular flexibility index (Phi) is 5.98. The number of unbranched alkanes of at least 4 members (excludes halogenated alkanes) is 1. The standard InChI is InChI=1S/C21H19ClN2O5/c1-2-3-11-23-18(14-5-4-6-16(12-14)24(28)29)17(20(26)21(23)27)19(25)13-7-9-15(22)10-8-13/h4-10,12,18,25H,2-3,11H2,1H3/b19-17+/t18-/m1/s1. The van der Waals surface area contributed by atoms with Crippen molar-refractivity contribution in [3.05, 3.63) is 80.4 Å². The van der Waals surface area contributed by atoms with Crippen molar-refractivity contribution < 1.29 is 19.6 Å². The smallest absolute Gasteiger partial charge is 0.295 e. The van der Waals surface area contributed by atoms with Crippen LogP contribution in [0, 0.1) is 10.1 Å². The lowest BCUT2D eigenvalue weighted by molar-refractivity contribution is -0.384. The molecule has 1 heterocycles. The first-order valence-corrected chi connectivity index (χ1v) is 9.51. The molecule has 1 amide bonds. The summed E-state index contributed by atoms with van der Waals surface area (Å²) in [6, 6.07) is 11.1. The van der Waals surface area contributed by atoms with E-state index in [9.17, 15) is 24.8 Å². The minimum atomic E-state index is -0.905. The average Bonchev–Trinajstić information content (AvgIpc) is 2.97. The number of likely N-dealkylation sites (tertiary alicyclic amines) is 1. The third-order valence-corrected chi connectivity index (χ3v) is 5.06. The summed E-state index contributed by atoms with van der Waals surface area (Å²) in [4.78, 5) is 37.5. The van der Waals surface area contributed by atoms with E-state index < -0.39 is 22.7 Å². The number of rotatable bonds is 6. The van der Waals surface area contributed by atoms with Crippen LogP contribution in [0.2, 0.25) is 5.02 Å². The van der Waals surface area contributed by atoms with Crippen molar-refractivity contribution in [2.75, 3.05) is 6.54 Å². The lowest BCUT2D eigenvalue weighted by atomic mass is 9.95. The highest BCUT2D eigenvalue weighted by Crippen LogP contribution is 2.40. The number of halogens is 1. The maximum absolute atomic E-state index is 12.8. The summed E-state index contributed by atoms with van der Waals surface area (Å²) in [6.45, 7) is 2.25. The summed E-state index contributed by atoms with van der Waals surface area (Å²) >= 11 is 5.89. The third kappa shape index (κ3) is 4.00. The van der Waals surface area contributed by atoms with E-state index in [-0.39, 0.29) is 17.0 Å². The van der Waals surface area contributed by atoms with Gasteiger partial charge in [-0.25, -0.2) is 0 Å². The fraction of sp³-hybridized carbons (Fsp3) is 0.238. The molecule has 150 valence electrons. The Morgan fingerprint density at radius 2 is 1.90 bits per heavy atom. The van der Waals surface area contributed by atoms with Crippen molar-refractivity contribution in [3.63, 3.8) is 0 Å². The van der Waals surface area contributed by atoms with Crippen LogP contribution in [0.4, 0.5) is 5.69 Å². The normalized spacial score (nSPS) is 18.3. The van der Waals surface area contributed by atoms with Gasteiger partial charge in [-0.1, -0.05) is 37.1 Å². The Bertz CT molecular complexity index is 1000. The van der Waals surface area contributed by atoms with Gasteiger partial charge in [0.15, 0.2) is 0 Å². The summed E-state index contributed by atoms with van der Waals surface area (Å²) in [6.07, 6.45) is 1.45. The van der Waals surface area contributed by atoms with Crippen LogP contribution in [0.5, 0.6) is 0 Å². The molecule has 0 bridgehead atoms. The predicted molar refractivity (Wildman–Crippen MR) is 108 cm³/mol. The van der Waals surface area contributed by atoms with Crippen LogP contribution in [0.15, 0.2) is 54.1 Å². The van der Waals surface area contributed by atoms with Crippen molar-refractivity contribution in [1.82, 2.24) is 4.90 Å². The minimum absolute atomic E-state index is 0.0890. The molecule has 2 aromatic carbocycles. The molecular formula is C21H19ClN2O5. The van der Waals surface area contributed by atoms with Crippen LogP contribution in [-0.2, 0) is 9.59 Å². The van der Waals surface area contributed by atoms with Crippen molar-refractivity contribution in [2.45, 2.75) is 25.8 Å². The molecule has 3 rings (SSSR count). The van der Waals surface area contributed by atoms with Gasteiger partial charge >= 0.3 is 0 Å². The van der Waals surface area contributed by atoms with E-state index >= 15 is 0 Å². The summed E-state index contributed by atoms with van der Waals surface area (Å²) in [5.41, 5.74) is 0.479. The number of amides is 1. The SMILES string of the molecule is CCCCN1C(=O)C(=O)/C(=C(/O)c2ccc(Cl)cc2)[C@H]1c1cccc([N+](=O)[O-])c1. The maximum atomic E-state index is 12.8. The quantitative estimate of drug-likeness (QED) is 0.247. The van der Waals surface area contributed by atoms with E-state index in [2.05, 4.69) is 0 Å². The number of nitro groups is 1. The first kappa shape index (κ1) is 20.5. The van der Waals surface area contributed by atoms with Crippen LogP contribution in [-0.4, -0.2) is 33.2 Å². The van der Waals surface area contributed by atoms with Crippen molar-refractivity contribution in [1.29, 1.82) is 0 Å². The Labute approximate surface area is 172 Å². The Morgan fingerprint density at radius 3 is 2.52 bits per heavy atom. The van der Waals surface area contributed by atoms with Crippen molar-refractivity contribution >= 4 is 34.7 Å². The van der Waals surface area contributed by atoms with Gasteiger partial charge in [0.1, 0.15) is 5.76 Å². The fourth-order valence-electron chi connectivity index (χ4n) is 3.36. The number of aliphatic hydroxyl groups excluding tert-OH is 1. The number of non-ortho nitro benzene ring substituents is 1. The van der Waals surface area contributed by atoms with Crippen LogP contribution in [0.1, 0.15) is 36.9 Å². The highest BCUT2D eigenvalue weighted by molar-refractivity contribution is 6.46. The lowest BCUT2D eigenvalue weighted by Gasteiger charge is -2.25. The number of benzene rings is 2. The minimum Gasteiger partial charge on any atom is -0.507 e.